The Morgan fingerprint density at radius 1 is 1.17 bits per heavy atom. The third-order valence-corrected chi connectivity index (χ3v) is 5.26. The standard InChI is InChI=1S/C11H22N2O4S/c14-11-3-1-10(2-4-11)9-12-18(15,16)13-5-7-17-8-6-13/h10-12,14H,1-9H2. The van der Waals surface area contributed by atoms with Gasteiger partial charge in [0, 0.05) is 19.6 Å². The molecular weight excluding hydrogens is 256 g/mol. The highest BCUT2D eigenvalue weighted by atomic mass is 32.2. The molecule has 0 amide bonds. The van der Waals surface area contributed by atoms with Gasteiger partial charge in [0.2, 0.25) is 0 Å². The van der Waals surface area contributed by atoms with E-state index in [1.165, 1.54) is 4.31 Å². The number of aliphatic hydroxyl groups is 1. The zero-order chi connectivity index (χ0) is 13.0. The van der Waals surface area contributed by atoms with Gasteiger partial charge in [-0.1, -0.05) is 0 Å². The highest BCUT2D eigenvalue weighted by Crippen LogP contribution is 2.23. The molecule has 2 N–H and O–H groups in total. The first-order valence-electron chi connectivity index (χ1n) is 6.58. The molecule has 1 aliphatic heterocycles. The van der Waals surface area contributed by atoms with Gasteiger partial charge in [-0.15, -0.1) is 0 Å². The van der Waals surface area contributed by atoms with Crippen molar-refractivity contribution in [2.45, 2.75) is 31.8 Å². The SMILES string of the molecule is O=S(=O)(NCC1CCC(O)CC1)N1CCOCC1. The lowest BCUT2D eigenvalue weighted by molar-refractivity contribution is 0.0722. The lowest BCUT2D eigenvalue weighted by atomic mass is 9.88. The van der Waals surface area contributed by atoms with Gasteiger partial charge < -0.3 is 9.84 Å². The molecule has 0 bridgehead atoms. The zero-order valence-electron chi connectivity index (χ0n) is 10.5. The van der Waals surface area contributed by atoms with Crippen LogP contribution in [0, 0.1) is 5.92 Å². The van der Waals surface area contributed by atoms with Crippen molar-refractivity contribution < 1.29 is 18.3 Å². The second kappa shape index (κ2) is 6.29. The molecule has 0 unspecified atom stereocenters. The second-order valence-corrected chi connectivity index (χ2v) is 6.79. The van der Waals surface area contributed by atoms with Crippen molar-refractivity contribution >= 4 is 10.2 Å². The Hall–Kier alpha value is -0.210. The summed E-state index contributed by atoms with van der Waals surface area (Å²) in [5.74, 6) is 0.351. The average Bonchev–Trinajstić information content (AvgIpc) is 2.39. The minimum Gasteiger partial charge on any atom is -0.393 e. The Kier molecular flexibility index (Phi) is 4.97. The lowest BCUT2D eigenvalue weighted by Crippen LogP contribution is -2.47. The van der Waals surface area contributed by atoms with E-state index in [1.807, 2.05) is 0 Å². The molecule has 2 fully saturated rings. The molecule has 6 nitrogen and oxygen atoms in total. The predicted molar refractivity (Wildman–Crippen MR) is 67.3 cm³/mol. The van der Waals surface area contributed by atoms with Crippen LogP contribution in [0.15, 0.2) is 0 Å². The van der Waals surface area contributed by atoms with Crippen LogP contribution in [0.2, 0.25) is 0 Å². The van der Waals surface area contributed by atoms with Crippen LogP contribution in [0.5, 0.6) is 0 Å². The summed E-state index contributed by atoms with van der Waals surface area (Å²) < 4.78 is 33.3. The van der Waals surface area contributed by atoms with Gasteiger partial charge in [-0.25, -0.2) is 4.72 Å². The molecule has 2 aliphatic rings. The van der Waals surface area contributed by atoms with Gasteiger partial charge in [0.1, 0.15) is 0 Å². The van der Waals surface area contributed by atoms with Crippen molar-refractivity contribution in [1.82, 2.24) is 9.03 Å². The molecule has 106 valence electrons. The van der Waals surface area contributed by atoms with Crippen LogP contribution in [-0.2, 0) is 14.9 Å². The third kappa shape index (κ3) is 3.89. The Morgan fingerprint density at radius 2 is 1.78 bits per heavy atom. The second-order valence-electron chi connectivity index (χ2n) is 5.04. The Balaban J connectivity index is 1.77. The molecular formula is C11H22N2O4S. The summed E-state index contributed by atoms with van der Waals surface area (Å²) in [5.41, 5.74) is 0. The summed E-state index contributed by atoms with van der Waals surface area (Å²) in [7, 11) is -3.36. The molecule has 1 saturated carbocycles. The summed E-state index contributed by atoms with van der Waals surface area (Å²) in [6, 6.07) is 0. The Labute approximate surface area is 108 Å². The van der Waals surface area contributed by atoms with E-state index in [4.69, 9.17) is 4.74 Å². The summed E-state index contributed by atoms with van der Waals surface area (Å²) >= 11 is 0. The molecule has 2 rings (SSSR count). The first kappa shape index (κ1) is 14.2. The number of morpholine rings is 1. The van der Waals surface area contributed by atoms with Crippen LogP contribution in [0.3, 0.4) is 0 Å². The Morgan fingerprint density at radius 3 is 2.39 bits per heavy atom. The van der Waals surface area contributed by atoms with Crippen LogP contribution in [-0.4, -0.2) is 56.8 Å². The van der Waals surface area contributed by atoms with Crippen molar-refractivity contribution in [3.05, 3.63) is 0 Å². The summed E-state index contributed by atoms with van der Waals surface area (Å²) in [6.07, 6.45) is 3.16. The summed E-state index contributed by atoms with van der Waals surface area (Å²) in [4.78, 5) is 0. The number of rotatable bonds is 4. The number of nitrogens with one attached hydrogen (secondary N) is 1. The average molecular weight is 278 g/mol. The minimum absolute atomic E-state index is 0.197. The molecule has 0 aromatic heterocycles. The number of nitrogens with zero attached hydrogens (tertiary/aromatic N) is 1. The number of hydrogen-bond donors (Lipinski definition) is 2. The molecule has 0 aromatic carbocycles. The van der Waals surface area contributed by atoms with Gasteiger partial charge in [0.25, 0.3) is 10.2 Å². The van der Waals surface area contributed by atoms with E-state index >= 15 is 0 Å². The number of hydrogen-bond acceptors (Lipinski definition) is 4. The summed E-state index contributed by atoms with van der Waals surface area (Å²) in [6.45, 7) is 2.27. The van der Waals surface area contributed by atoms with Gasteiger partial charge in [0.15, 0.2) is 0 Å². The maximum atomic E-state index is 12.0. The fourth-order valence-electron chi connectivity index (χ4n) is 2.45. The van der Waals surface area contributed by atoms with Crippen molar-refractivity contribution in [3.63, 3.8) is 0 Å². The fourth-order valence-corrected chi connectivity index (χ4v) is 3.71. The monoisotopic (exact) mass is 278 g/mol. The van der Waals surface area contributed by atoms with Gasteiger partial charge >= 0.3 is 0 Å². The first-order chi connectivity index (χ1) is 8.58. The van der Waals surface area contributed by atoms with E-state index in [0.29, 0.717) is 38.8 Å². The highest BCUT2D eigenvalue weighted by Gasteiger charge is 2.26. The van der Waals surface area contributed by atoms with E-state index in [-0.39, 0.29) is 6.10 Å². The topological polar surface area (TPSA) is 78.9 Å². The van der Waals surface area contributed by atoms with Gasteiger partial charge in [0.05, 0.1) is 19.3 Å². The van der Waals surface area contributed by atoms with Gasteiger partial charge in [-0.3, -0.25) is 0 Å². The van der Waals surface area contributed by atoms with Gasteiger partial charge in [-0.05, 0) is 31.6 Å². The molecule has 18 heavy (non-hydrogen) atoms. The first-order valence-corrected chi connectivity index (χ1v) is 8.02. The molecule has 0 spiro atoms. The maximum Gasteiger partial charge on any atom is 0.279 e. The molecule has 1 saturated heterocycles. The maximum absolute atomic E-state index is 12.0. The molecule has 0 atom stereocenters. The van der Waals surface area contributed by atoms with Crippen LogP contribution in [0.1, 0.15) is 25.7 Å². The number of aliphatic hydroxyl groups excluding tert-OH is 1. The molecule has 7 heteroatoms. The van der Waals surface area contributed by atoms with E-state index in [9.17, 15) is 13.5 Å². The largest absolute Gasteiger partial charge is 0.393 e. The van der Waals surface area contributed by atoms with Crippen molar-refractivity contribution in [1.29, 1.82) is 0 Å². The van der Waals surface area contributed by atoms with Crippen LogP contribution >= 0.6 is 0 Å². The van der Waals surface area contributed by atoms with Crippen molar-refractivity contribution in [2.24, 2.45) is 5.92 Å². The van der Waals surface area contributed by atoms with E-state index in [1.54, 1.807) is 0 Å². The smallest absolute Gasteiger partial charge is 0.279 e. The van der Waals surface area contributed by atoms with Crippen LogP contribution < -0.4 is 4.72 Å². The molecule has 0 radical (unpaired) electrons. The quantitative estimate of drug-likeness (QED) is 0.740. The number of ether oxygens (including phenoxy) is 1. The highest BCUT2D eigenvalue weighted by molar-refractivity contribution is 7.87. The normalized spacial score (nSPS) is 31.4. The lowest BCUT2D eigenvalue weighted by Gasteiger charge is -2.29. The molecule has 0 aromatic rings. The molecule has 1 heterocycles. The minimum atomic E-state index is -3.36. The van der Waals surface area contributed by atoms with Crippen LogP contribution in [0.4, 0.5) is 0 Å². The summed E-state index contributed by atoms with van der Waals surface area (Å²) in [5, 5.41) is 9.40. The Bertz CT molecular complexity index is 346. The van der Waals surface area contributed by atoms with Crippen molar-refractivity contribution in [2.75, 3.05) is 32.8 Å². The third-order valence-electron chi connectivity index (χ3n) is 3.68. The van der Waals surface area contributed by atoms with Crippen molar-refractivity contribution in [3.8, 4) is 0 Å². The predicted octanol–water partition coefficient (Wildman–Crippen LogP) is -0.296. The van der Waals surface area contributed by atoms with E-state index in [0.717, 1.165) is 25.7 Å². The zero-order valence-corrected chi connectivity index (χ0v) is 11.4. The fraction of sp³-hybridized carbons (Fsp3) is 1.00. The van der Waals surface area contributed by atoms with Gasteiger partial charge in [-0.2, -0.15) is 12.7 Å². The van der Waals surface area contributed by atoms with E-state index < -0.39 is 10.2 Å². The van der Waals surface area contributed by atoms with E-state index in [2.05, 4.69) is 4.72 Å². The molecule has 1 aliphatic carbocycles. The van der Waals surface area contributed by atoms with Crippen LogP contribution in [0.25, 0.3) is 0 Å².